The molecule has 0 spiro atoms. The lowest BCUT2D eigenvalue weighted by Gasteiger charge is -2.23. The third-order valence-electron chi connectivity index (χ3n) is 6.32. The zero-order chi connectivity index (χ0) is 22.1. The van der Waals surface area contributed by atoms with Gasteiger partial charge in [-0.25, -0.2) is 0 Å². The van der Waals surface area contributed by atoms with Crippen molar-refractivity contribution in [3.63, 3.8) is 0 Å². The minimum absolute atomic E-state index is 0.412. The summed E-state index contributed by atoms with van der Waals surface area (Å²) in [5, 5.41) is 0. The predicted molar refractivity (Wildman–Crippen MR) is 131 cm³/mol. The van der Waals surface area contributed by atoms with Gasteiger partial charge in [0.15, 0.2) is 0 Å². The van der Waals surface area contributed by atoms with E-state index < -0.39 is 10.8 Å². The summed E-state index contributed by atoms with van der Waals surface area (Å²) in [5.41, 5.74) is 8.88. The van der Waals surface area contributed by atoms with Crippen LogP contribution in [0.2, 0.25) is 0 Å². The lowest BCUT2D eigenvalue weighted by atomic mass is 9.78. The number of hydrogen-bond acceptors (Lipinski definition) is 0. The molecular formula is C30H30. The molecule has 30 heavy (non-hydrogen) atoms. The van der Waals surface area contributed by atoms with Crippen LogP contribution in [0.1, 0.15) is 63.8 Å². The van der Waals surface area contributed by atoms with E-state index in [2.05, 4.69) is 86.4 Å². The minimum atomic E-state index is -0.412. The maximum absolute atomic E-state index is 6.03. The van der Waals surface area contributed by atoms with Crippen LogP contribution >= 0.6 is 0 Å². The quantitative estimate of drug-likeness (QED) is 0.347. The summed E-state index contributed by atoms with van der Waals surface area (Å²) in [7, 11) is 0. The van der Waals surface area contributed by atoms with Gasteiger partial charge in [-0.2, -0.15) is 0 Å². The molecule has 0 saturated heterocycles. The molecular weight excluding hydrogens is 360 g/mol. The monoisotopic (exact) mass is 390 g/mol. The van der Waals surface area contributed by atoms with Gasteiger partial charge in [-0.05, 0) is 70.5 Å². The average Bonchev–Trinajstić information content (AvgIpc) is 3.23. The Bertz CT molecular complexity index is 1090. The highest BCUT2D eigenvalue weighted by molar-refractivity contribution is 5.91. The van der Waals surface area contributed by atoms with Crippen molar-refractivity contribution < 1.29 is 0 Å². The minimum Gasteiger partial charge on any atom is -0.119 e. The van der Waals surface area contributed by atoms with Gasteiger partial charge in [-0.15, -0.1) is 12.8 Å². The van der Waals surface area contributed by atoms with E-state index in [-0.39, 0.29) is 0 Å². The number of terminal acetylenes is 2. The number of fused-ring (bicyclic) bond motifs is 6. The molecule has 150 valence electrons. The van der Waals surface area contributed by atoms with Crippen LogP contribution in [0, 0.1) is 24.7 Å². The Balaban J connectivity index is 0.000000606. The van der Waals surface area contributed by atoms with Gasteiger partial charge in [0.2, 0.25) is 0 Å². The van der Waals surface area contributed by atoms with Crippen LogP contribution < -0.4 is 0 Å². The SMILES string of the molecule is C#CC1(C)c2ccccc2-c2cc3c(cc21)-c1ccccc1C3(C)C#C.CC.CC. The second kappa shape index (κ2) is 7.89. The molecule has 0 heterocycles. The van der Waals surface area contributed by atoms with Crippen LogP contribution in [-0.2, 0) is 10.8 Å². The normalized spacial score (nSPS) is 21.2. The lowest BCUT2D eigenvalue weighted by Crippen LogP contribution is -2.19. The highest BCUT2D eigenvalue weighted by atomic mass is 14.4. The molecule has 0 nitrogen and oxygen atoms in total. The zero-order valence-electron chi connectivity index (χ0n) is 18.9. The summed E-state index contributed by atoms with van der Waals surface area (Å²) < 4.78 is 0. The second-order valence-electron chi connectivity index (χ2n) is 7.57. The van der Waals surface area contributed by atoms with E-state index in [1.54, 1.807) is 0 Å². The van der Waals surface area contributed by atoms with E-state index >= 15 is 0 Å². The molecule has 2 unspecified atom stereocenters. The van der Waals surface area contributed by atoms with Crippen LogP contribution in [0.4, 0.5) is 0 Å². The first-order valence-corrected chi connectivity index (χ1v) is 10.9. The Morgan fingerprint density at radius 2 is 0.867 bits per heavy atom. The fourth-order valence-electron chi connectivity index (χ4n) is 4.78. The second-order valence-corrected chi connectivity index (χ2v) is 7.57. The smallest absolute Gasteiger partial charge is 0.0793 e. The molecule has 0 fully saturated rings. The van der Waals surface area contributed by atoms with Gasteiger partial charge in [0.1, 0.15) is 0 Å². The zero-order valence-corrected chi connectivity index (χ0v) is 18.9. The van der Waals surface area contributed by atoms with Crippen LogP contribution in [0.3, 0.4) is 0 Å². The Hall–Kier alpha value is -3.22. The van der Waals surface area contributed by atoms with Crippen molar-refractivity contribution in [2.45, 2.75) is 52.4 Å². The van der Waals surface area contributed by atoms with E-state index in [0.29, 0.717) is 0 Å². The third-order valence-corrected chi connectivity index (χ3v) is 6.32. The van der Waals surface area contributed by atoms with Gasteiger partial charge < -0.3 is 0 Å². The first-order valence-electron chi connectivity index (χ1n) is 10.9. The highest BCUT2D eigenvalue weighted by Gasteiger charge is 2.43. The van der Waals surface area contributed by atoms with Crippen molar-refractivity contribution in [2.24, 2.45) is 0 Å². The number of rotatable bonds is 0. The fraction of sp³-hybridized carbons (Fsp3) is 0.267. The van der Waals surface area contributed by atoms with Crippen LogP contribution in [0.15, 0.2) is 60.7 Å². The molecule has 0 saturated carbocycles. The third kappa shape index (κ3) is 2.65. The molecule has 0 aromatic heterocycles. The molecule has 2 aliphatic rings. The Morgan fingerprint density at radius 3 is 1.20 bits per heavy atom. The average molecular weight is 391 g/mol. The predicted octanol–water partition coefficient (Wildman–Crippen LogP) is 7.58. The number of benzene rings is 3. The molecule has 2 aliphatic carbocycles. The van der Waals surface area contributed by atoms with Gasteiger partial charge in [0.05, 0.1) is 10.8 Å². The molecule has 0 heteroatoms. The molecule has 3 aromatic rings. The van der Waals surface area contributed by atoms with E-state index in [4.69, 9.17) is 12.8 Å². The summed E-state index contributed by atoms with van der Waals surface area (Å²) in [4.78, 5) is 0. The van der Waals surface area contributed by atoms with E-state index in [0.717, 1.165) is 0 Å². The van der Waals surface area contributed by atoms with Gasteiger partial charge in [0.25, 0.3) is 0 Å². The van der Waals surface area contributed by atoms with Crippen molar-refractivity contribution in [1.82, 2.24) is 0 Å². The van der Waals surface area contributed by atoms with E-state index in [1.807, 2.05) is 27.7 Å². The van der Waals surface area contributed by atoms with Crippen LogP contribution in [0.25, 0.3) is 22.3 Å². The molecule has 0 radical (unpaired) electrons. The largest absolute Gasteiger partial charge is 0.119 e. The molecule has 0 amide bonds. The first kappa shape index (κ1) is 21.5. The van der Waals surface area contributed by atoms with Crippen molar-refractivity contribution in [1.29, 1.82) is 0 Å². The number of hydrogen-bond donors (Lipinski definition) is 0. The molecule has 3 aromatic carbocycles. The molecule has 5 rings (SSSR count). The maximum Gasteiger partial charge on any atom is 0.0793 e. The molecule has 0 N–H and O–H groups in total. The molecule has 0 aliphatic heterocycles. The molecule has 0 bridgehead atoms. The highest BCUT2D eigenvalue weighted by Crippen LogP contribution is 2.55. The maximum atomic E-state index is 6.03. The Labute approximate surface area is 182 Å². The van der Waals surface area contributed by atoms with Crippen molar-refractivity contribution in [2.75, 3.05) is 0 Å². The lowest BCUT2D eigenvalue weighted by molar-refractivity contribution is 0.769. The van der Waals surface area contributed by atoms with E-state index in [1.165, 1.54) is 44.5 Å². The van der Waals surface area contributed by atoms with Gasteiger partial charge in [0, 0.05) is 0 Å². The Kier molecular flexibility index (Phi) is 5.65. The fourth-order valence-corrected chi connectivity index (χ4v) is 4.78. The van der Waals surface area contributed by atoms with Gasteiger partial charge in [-0.1, -0.05) is 88.1 Å². The summed E-state index contributed by atoms with van der Waals surface area (Å²) in [6.45, 7) is 12.3. The summed E-state index contributed by atoms with van der Waals surface area (Å²) in [5.74, 6) is 6.12. The van der Waals surface area contributed by atoms with Crippen molar-refractivity contribution >= 4 is 0 Å². The van der Waals surface area contributed by atoms with Gasteiger partial charge >= 0.3 is 0 Å². The summed E-state index contributed by atoms with van der Waals surface area (Å²) >= 11 is 0. The van der Waals surface area contributed by atoms with Crippen molar-refractivity contribution in [3.8, 4) is 46.9 Å². The van der Waals surface area contributed by atoms with Crippen molar-refractivity contribution in [3.05, 3.63) is 82.9 Å². The first-order chi connectivity index (χ1) is 14.5. The topological polar surface area (TPSA) is 0 Å². The summed E-state index contributed by atoms with van der Waals surface area (Å²) in [6, 6.07) is 21.5. The molecule has 2 atom stereocenters. The Morgan fingerprint density at radius 1 is 0.533 bits per heavy atom. The summed E-state index contributed by atoms with van der Waals surface area (Å²) in [6.07, 6.45) is 12.1. The van der Waals surface area contributed by atoms with E-state index in [9.17, 15) is 0 Å². The van der Waals surface area contributed by atoms with Gasteiger partial charge in [-0.3, -0.25) is 0 Å². The van der Waals surface area contributed by atoms with Crippen LogP contribution in [0.5, 0.6) is 0 Å². The standard InChI is InChI=1S/C26H18.2C2H6/c1-5-25(3)21-13-9-7-11-17(21)19-16-24-20(15-23(19)25)18-12-8-10-14-22(18)26(24,4)6-2;2*1-2/h1-2,7-16H,3-4H3;2*1-2H3. The van der Waals surface area contributed by atoms with Crippen LogP contribution in [-0.4, -0.2) is 0 Å².